The van der Waals surface area contributed by atoms with Gasteiger partial charge in [-0.2, -0.15) is 12.8 Å². The summed E-state index contributed by atoms with van der Waals surface area (Å²) in [4.78, 5) is 0. The van der Waals surface area contributed by atoms with Crippen LogP contribution >= 0.6 is 10.1 Å². The molecule has 0 N–H and O–H groups in total. The van der Waals surface area contributed by atoms with Gasteiger partial charge in [-0.25, -0.2) is 0 Å². The topological polar surface area (TPSA) is 0 Å². The molecule has 1 rings (SSSR count). The second-order valence-corrected chi connectivity index (χ2v) is 1.93. The van der Waals surface area contributed by atoms with Crippen LogP contribution in [-0.2, 0) is 15.1 Å². The Morgan fingerprint density at radius 1 is 1.00 bits per heavy atom. The van der Waals surface area contributed by atoms with E-state index >= 15 is 0 Å². The van der Waals surface area contributed by atoms with E-state index < -0.39 is 0 Å². The van der Waals surface area contributed by atoms with E-state index in [1.54, 1.807) is 0 Å². The van der Waals surface area contributed by atoms with Crippen molar-refractivity contribution in [2.24, 2.45) is 0 Å². The predicted molar refractivity (Wildman–Crippen MR) is 33.2 cm³/mol. The molecule has 0 radical (unpaired) electrons. The van der Waals surface area contributed by atoms with Gasteiger partial charge < -0.3 is 6.42 Å². The molecule has 1 saturated carbocycles. The molecule has 0 spiro atoms. The molecule has 0 amide bonds. The monoisotopic (exact) mass is 173 g/mol. The zero-order valence-electron chi connectivity index (χ0n) is 4.87. The molecule has 0 aromatic heterocycles. The van der Waals surface area contributed by atoms with E-state index in [1.807, 2.05) is 0 Å². The number of rotatable bonds is 0. The van der Waals surface area contributed by atoms with E-state index in [0.29, 0.717) is 0 Å². The van der Waals surface area contributed by atoms with Gasteiger partial charge in [0.2, 0.25) is 0 Å². The minimum absolute atomic E-state index is 1.38. The summed E-state index contributed by atoms with van der Waals surface area (Å²) in [6.07, 6.45) is 9.50. The zero-order valence-corrected chi connectivity index (χ0v) is 6.81. The number of hydrogen-bond acceptors (Lipinski definition) is 0. The Kier molecular flexibility index (Phi) is 8.60. The van der Waals surface area contributed by atoms with Gasteiger partial charge in [-0.3, -0.25) is 0 Å². The Hall–Kier alpha value is 0.809. The van der Waals surface area contributed by atoms with Crippen LogP contribution in [0.2, 0.25) is 0 Å². The van der Waals surface area contributed by atoms with Gasteiger partial charge in [0.15, 0.2) is 0 Å². The van der Waals surface area contributed by atoms with Crippen molar-refractivity contribution in [2.75, 3.05) is 0 Å². The van der Waals surface area contributed by atoms with Gasteiger partial charge in [0.05, 0.1) is 0 Å². The van der Waals surface area contributed by atoms with Crippen LogP contribution in [0.3, 0.4) is 0 Å². The first-order valence-electron chi connectivity index (χ1n) is 2.96. The Bertz CT molecular complexity index is 24.0. The molecule has 2 heteroatoms. The Labute approximate surface area is 64.0 Å². The van der Waals surface area contributed by atoms with Crippen molar-refractivity contribution in [1.82, 2.24) is 0 Å². The van der Waals surface area contributed by atoms with Crippen molar-refractivity contribution < 1.29 is 15.1 Å². The van der Waals surface area contributed by atoms with Gasteiger partial charge in [-0.15, -0.1) is 0 Å². The number of halogens is 1. The van der Waals surface area contributed by atoms with Gasteiger partial charge in [-0.05, 0) is 0 Å². The first-order chi connectivity index (χ1) is 4.00. The average Bonchev–Trinajstić information content (AvgIpc) is 1.96. The molecule has 0 aromatic carbocycles. The average molecular weight is 174 g/mol. The summed E-state index contributed by atoms with van der Waals surface area (Å²) in [5, 5.41) is 0. The van der Waals surface area contributed by atoms with Crippen LogP contribution in [0.4, 0.5) is 0 Å². The molecule has 8 heavy (non-hydrogen) atoms. The molecule has 0 saturated heterocycles. The Balaban J connectivity index is 0.000000222. The molecule has 0 aromatic rings. The van der Waals surface area contributed by atoms with Crippen LogP contribution in [0.25, 0.3) is 0 Å². The van der Waals surface area contributed by atoms with Crippen molar-refractivity contribution in [1.29, 1.82) is 0 Å². The third-order valence-corrected chi connectivity index (χ3v) is 1.32. The van der Waals surface area contributed by atoms with Crippen LogP contribution in [0, 0.1) is 6.42 Å². The molecule has 0 heterocycles. The van der Waals surface area contributed by atoms with Crippen molar-refractivity contribution >= 4 is 10.1 Å². The Morgan fingerprint density at radius 2 is 1.50 bits per heavy atom. The molecule has 0 bridgehead atoms. The van der Waals surface area contributed by atoms with Crippen molar-refractivity contribution in [3.63, 3.8) is 0 Å². The van der Waals surface area contributed by atoms with Crippen LogP contribution < -0.4 is 0 Å². The molecule has 0 atom stereocenters. The van der Waals surface area contributed by atoms with Crippen molar-refractivity contribution in [3.05, 3.63) is 6.42 Å². The molecule has 49 valence electrons. The van der Waals surface area contributed by atoms with E-state index in [4.69, 9.17) is 0 Å². The summed E-state index contributed by atoms with van der Waals surface area (Å²) in [5.74, 6) is 0. The second-order valence-electron chi connectivity index (χ2n) is 1.93. The molecular formula is C6H11ClMn. The fourth-order valence-corrected chi connectivity index (χ4v) is 0.898. The summed E-state index contributed by atoms with van der Waals surface area (Å²) >= 11 is 2.41. The zero-order chi connectivity index (χ0) is 6.24. The summed E-state index contributed by atoms with van der Waals surface area (Å²) in [7, 11) is 4.45. The minimum atomic E-state index is 1.38. The van der Waals surface area contributed by atoms with Gasteiger partial charge >= 0.3 is 25.2 Å². The molecule has 1 aliphatic rings. The standard InChI is InChI=1S/C6H11.ClH.Mn/c1-2-4-6-5-3-1;;/h1H,2-6H2;1H;/q-1;;+2/p-1. The van der Waals surface area contributed by atoms with E-state index in [9.17, 15) is 0 Å². The second kappa shape index (κ2) is 7.81. The van der Waals surface area contributed by atoms with Crippen LogP contribution in [-0.4, -0.2) is 0 Å². The maximum absolute atomic E-state index is 4.45. The molecule has 0 nitrogen and oxygen atoms in total. The summed E-state index contributed by atoms with van der Waals surface area (Å²) < 4.78 is 0. The molecule has 1 aliphatic carbocycles. The van der Waals surface area contributed by atoms with Gasteiger partial charge in [0.25, 0.3) is 0 Å². The summed E-state index contributed by atoms with van der Waals surface area (Å²) in [5.41, 5.74) is 0. The summed E-state index contributed by atoms with van der Waals surface area (Å²) in [6.45, 7) is 0. The first-order valence-corrected chi connectivity index (χ1v) is 4.58. The third kappa shape index (κ3) is 4.96. The Morgan fingerprint density at radius 3 is 1.62 bits per heavy atom. The number of hydrogen-bond donors (Lipinski definition) is 0. The van der Waals surface area contributed by atoms with E-state index in [2.05, 4.69) is 31.6 Å². The van der Waals surface area contributed by atoms with Crippen LogP contribution in [0.5, 0.6) is 0 Å². The first kappa shape index (κ1) is 8.81. The molecule has 1 fully saturated rings. The quantitative estimate of drug-likeness (QED) is 0.390. The fraction of sp³-hybridized carbons (Fsp3) is 0.833. The summed E-state index contributed by atoms with van der Waals surface area (Å²) in [6, 6.07) is 0. The van der Waals surface area contributed by atoms with E-state index in [-0.39, 0.29) is 0 Å². The van der Waals surface area contributed by atoms with Gasteiger partial charge in [0, 0.05) is 0 Å². The third-order valence-electron chi connectivity index (χ3n) is 1.32. The molecule has 0 aliphatic heterocycles. The normalized spacial score (nSPS) is 18.6. The maximum atomic E-state index is 4.45. The van der Waals surface area contributed by atoms with Crippen molar-refractivity contribution in [3.8, 4) is 0 Å². The van der Waals surface area contributed by atoms with Crippen LogP contribution in [0.1, 0.15) is 32.1 Å². The van der Waals surface area contributed by atoms with Crippen molar-refractivity contribution in [2.45, 2.75) is 32.1 Å². The molecule has 0 unspecified atom stereocenters. The fourth-order valence-electron chi connectivity index (χ4n) is 0.898. The van der Waals surface area contributed by atoms with E-state index in [1.165, 1.54) is 32.1 Å². The molecular weight excluding hydrogens is 162 g/mol. The predicted octanol–water partition coefficient (Wildman–Crippen LogP) is 2.84. The van der Waals surface area contributed by atoms with E-state index in [0.717, 1.165) is 0 Å². The van der Waals surface area contributed by atoms with Crippen LogP contribution in [0.15, 0.2) is 0 Å². The van der Waals surface area contributed by atoms with Gasteiger partial charge in [0.1, 0.15) is 0 Å². The SMILES string of the molecule is [CH-]1CCCCC1.[Cl][Mn+]. The van der Waals surface area contributed by atoms with Gasteiger partial charge in [-0.1, -0.05) is 19.3 Å².